The van der Waals surface area contributed by atoms with Crippen molar-refractivity contribution >= 4 is 27.3 Å². The summed E-state index contributed by atoms with van der Waals surface area (Å²) < 4.78 is 61.9. The summed E-state index contributed by atoms with van der Waals surface area (Å²) in [5.74, 6) is -0.483. The van der Waals surface area contributed by atoms with Crippen LogP contribution in [0.15, 0.2) is 48.5 Å². The predicted octanol–water partition coefficient (Wildman–Crippen LogP) is 3.38. The zero-order valence-corrected chi connectivity index (χ0v) is 15.1. The van der Waals surface area contributed by atoms with Crippen LogP contribution >= 0.6 is 0 Å². The number of alkyl halides is 3. The van der Waals surface area contributed by atoms with Crippen molar-refractivity contribution in [3.8, 4) is 0 Å². The summed E-state index contributed by atoms with van der Waals surface area (Å²) in [5.41, 5.74) is 0.176. The summed E-state index contributed by atoms with van der Waals surface area (Å²) in [6.07, 6.45) is -3.39. The lowest BCUT2D eigenvalue weighted by molar-refractivity contribution is -0.137. The van der Waals surface area contributed by atoms with Crippen LogP contribution in [0.3, 0.4) is 0 Å². The van der Waals surface area contributed by atoms with Gasteiger partial charge in [0.15, 0.2) is 0 Å². The minimum atomic E-state index is -4.46. The smallest absolute Gasteiger partial charge is 0.311 e. The number of hydrogen-bond acceptors (Lipinski definition) is 3. The molecule has 26 heavy (non-hydrogen) atoms. The number of nitrogens with zero attached hydrogens (tertiary/aromatic N) is 2. The summed E-state index contributed by atoms with van der Waals surface area (Å²) in [6, 6.07) is 10.1. The molecule has 5 nitrogen and oxygen atoms in total. The van der Waals surface area contributed by atoms with E-state index in [1.54, 1.807) is 12.1 Å². The van der Waals surface area contributed by atoms with Crippen LogP contribution in [0.4, 0.5) is 24.5 Å². The highest BCUT2D eigenvalue weighted by Crippen LogP contribution is 2.29. The lowest BCUT2D eigenvalue weighted by atomic mass is 10.1. The van der Waals surface area contributed by atoms with Crippen LogP contribution in [-0.2, 0) is 16.2 Å². The maximum atomic E-state index is 12.6. The van der Waals surface area contributed by atoms with Gasteiger partial charge in [-0.2, -0.15) is 13.2 Å². The van der Waals surface area contributed by atoms with Crippen molar-refractivity contribution in [1.29, 1.82) is 0 Å². The van der Waals surface area contributed by atoms with Crippen molar-refractivity contribution in [2.75, 3.05) is 29.6 Å². The van der Waals surface area contributed by atoms with E-state index in [4.69, 9.17) is 0 Å². The van der Waals surface area contributed by atoms with Gasteiger partial charge in [0.05, 0.1) is 17.5 Å². The summed E-state index contributed by atoms with van der Waals surface area (Å²) >= 11 is 0. The minimum absolute atomic E-state index is 0.109. The van der Waals surface area contributed by atoms with Crippen molar-refractivity contribution in [2.24, 2.45) is 0 Å². The lowest BCUT2D eigenvalue weighted by Gasteiger charge is -2.20. The molecule has 0 radical (unpaired) electrons. The molecule has 0 aromatic heterocycles. The van der Waals surface area contributed by atoms with Crippen molar-refractivity contribution < 1.29 is 26.4 Å². The Hall–Kier alpha value is -2.55. The third kappa shape index (κ3) is 4.34. The Bertz CT molecular complexity index is 892. The summed E-state index contributed by atoms with van der Waals surface area (Å²) in [6.45, 7) is 0. The largest absolute Gasteiger partial charge is 0.416 e. The second-order valence-electron chi connectivity index (χ2n) is 5.69. The maximum absolute atomic E-state index is 12.6. The first-order valence-electron chi connectivity index (χ1n) is 7.40. The molecule has 0 saturated carbocycles. The molecule has 0 bridgehead atoms. The zero-order chi connectivity index (χ0) is 19.7. The normalized spacial score (nSPS) is 11.9. The molecule has 0 aliphatic carbocycles. The topological polar surface area (TPSA) is 57.7 Å². The first-order chi connectivity index (χ1) is 11.9. The standard InChI is InChI=1S/C17H17F3N2O3S/c1-21(14-8-10-15(11-9-14)22(2)26(3,24)25)16(23)12-4-6-13(7-5-12)17(18,19)20/h4-11H,1-3H3. The molecule has 0 N–H and O–H groups in total. The SMILES string of the molecule is CN(C(=O)c1ccc(C(F)(F)F)cc1)c1ccc(N(C)S(C)(=O)=O)cc1. The number of carbonyl (C=O) groups is 1. The number of benzene rings is 2. The predicted molar refractivity (Wildman–Crippen MR) is 93.9 cm³/mol. The molecule has 0 heterocycles. The highest BCUT2D eigenvalue weighted by molar-refractivity contribution is 7.92. The van der Waals surface area contributed by atoms with Crippen LogP contribution < -0.4 is 9.21 Å². The van der Waals surface area contributed by atoms with Crippen LogP contribution in [0.5, 0.6) is 0 Å². The molecular formula is C17H17F3N2O3S. The molecule has 0 unspecified atom stereocenters. The van der Waals surface area contributed by atoms with Gasteiger partial charge >= 0.3 is 6.18 Å². The van der Waals surface area contributed by atoms with Gasteiger partial charge in [0, 0.05) is 25.3 Å². The molecule has 0 aliphatic heterocycles. The third-order valence-electron chi connectivity index (χ3n) is 3.86. The van der Waals surface area contributed by atoms with Crippen LogP contribution in [-0.4, -0.2) is 34.7 Å². The minimum Gasteiger partial charge on any atom is -0.311 e. The molecule has 140 valence electrons. The quantitative estimate of drug-likeness (QED) is 0.810. The van der Waals surface area contributed by atoms with Gasteiger partial charge in [0.25, 0.3) is 5.91 Å². The molecular weight excluding hydrogens is 369 g/mol. The summed E-state index contributed by atoms with van der Waals surface area (Å²) in [5, 5.41) is 0. The second kappa shape index (κ2) is 6.99. The summed E-state index contributed by atoms with van der Waals surface area (Å²) in [7, 11) is -0.518. The Kier molecular flexibility index (Phi) is 5.31. The van der Waals surface area contributed by atoms with Gasteiger partial charge in [0.1, 0.15) is 0 Å². The van der Waals surface area contributed by atoms with E-state index in [0.29, 0.717) is 11.4 Å². The lowest BCUT2D eigenvalue weighted by Crippen LogP contribution is -2.27. The average Bonchev–Trinajstić information content (AvgIpc) is 2.58. The number of hydrogen-bond donors (Lipinski definition) is 0. The molecule has 0 aliphatic rings. The van der Waals surface area contributed by atoms with E-state index < -0.39 is 27.7 Å². The molecule has 2 aromatic rings. The van der Waals surface area contributed by atoms with Crippen LogP contribution in [0.1, 0.15) is 15.9 Å². The highest BCUT2D eigenvalue weighted by atomic mass is 32.2. The monoisotopic (exact) mass is 386 g/mol. The van der Waals surface area contributed by atoms with Gasteiger partial charge in [-0.15, -0.1) is 0 Å². The van der Waals surface area contributed by atoms with Gasteiger partial charge in [-0.3, -0.25) is 9.10 Å². The van der Waals surface area contributed by atoms with Gasteiger partial charge < -0.3 is 4.90 Å². The Balaban J connectivity index is 2.20. The second-order valence-corrected chi connectivity index (χ2v) is 7.70. The molecule has 0 fully saturated rings. The van der Waals surface area contributed by atoms with Crippen molar-refractivity contribution in [1.82, 2.24) is 0 Å². The van der Waals surface area contributed by atoms with E-state index >= 15 is 0 Å². The molecule has 9 heteroatoms. The number of amides is 1. The number of anilines is 2. The van der Waals surface area contributed by atoms with Crippen LogP contribution in [0, 0.1) is 0 Å². The van der Waals surface area contributed by atoms with Crippen molar-refractivity contribution in [3.05, 3.63) is 59.7 Å². The maximum Gasteiger partial charge on any atom is 0.416 e. The Morgan fingerprint density at radius 3 is 1.77 bits per heavy atom. The third-order valence-corrected chi connectivity index (χ3v) is 5.07. The van der Waals surface area contributed by atoms with Crippen LogP contribution in [0.2, 0.25) is 0 Å². The van der Waals surface area contributed by atoms with Gasteiger partial charge in [-0.25, -0.2) is 8.42 Å². The van der Waals surface area contributed by atoms with Crippen molar-refractivity contribution in [2.45, 2.75) is 6.18 Å². The fourth-order valence-electron chi connectivity index (χ4n) is 2.19. The van der Waals surface area contributed by atoms with E-state index in [2.05, 4.69) is 0 Å². The van der Waals surface area contributed by atoms with E-state index in [-0.39, 0.29) is 5.56 Å². The fourth-order valence-corrected chi connectivity index (χ4v) is 2.70. The van der Waals surface area contributed by atoms with Gasteiger partial charge in [-0.1, -0.05) is 0 Å². The summed E-state index contributed by atoms with van der Waals surface area (Å²) in [4.78, 5) is 13.7. The first kappa shape index (κ1) is 19.8. The van der Waals surface area contributed by atoms with Crippen molar-refractivity contribution in [3.63, 3.8) is 0 Å². The number of rotatable bonds is 4. The Labute approximate surface area is 149 Å². The first-order valence-corrected chi connectivity index (χ1v) is 9.25. The van der Waals surface area contributed by atoms with Gasteiger partial charge in [0.2, 0.25) is 10.0 Å². The molecule has 0 atom stereocenters. The zero-order valence-electron chi connectivity index (χ0n) is 14.3. The average molecular weight is 386 g/mol. The van der Waals surface area contributed by atoms with Crippen LogP contribution in [0.25, 0.3) is 0 Å². The van der Waals surface area contributed by atoms with E-state index in [1.165, 1.54) is 31.1 Å². The molecule has 1 amide bonds. The molecule has 0 spiro atoms. The molecule has 0 saturated heterocycles. The molecule has 2 rings (SSSR count). The van der Waals surface area contributed by atoms with E-state index in [0.717, 1.165) is 34.8 Å². The Morgan fingerprint density at radius 1 is 0.885 bits per heavy atom. The van der Waals surface area contributed by atoms with E-state index in [1.807, 2.05) is 0 Å². The molecule has 2 aromatic carbocycles. The fraction of sp³-hybridized carbons (Fsp3) is 0.235. The number of carbonyl (C=O) groups excluding carboxylic acids is 1. The highest BCUT2D eigenvalue weighted by Gasteiger charge is 2.30. The number of sulfonamides is 1. The van der Waals surface area contributed by atoms with Gasteiger partial charge in [-0.05, 0) is 48.5 Å². The Morgan fingerprint density at radius 2 is 1.35 bits per heavy atom. The number of halogens is 3. The van der Waals surface area contributed by atoms with E-state index in [9.17, 15) is 26.4 Å².